The Kier molecular flexibility index (Phi) is 5.89. The summed E-state index contributed by atoms with van der Waals surface area (Å²) in [4.78, 5) is 26.0. The molecule has 2 aliphatic carbocycles. The molecule has 0 bridgehead atoms. The third-order valence-corrected chi connectivity index (χ3v) is 7.94. The van der Waals surface area contributed by atoms with E-state index in [4.69, 9.17) is 0 Å². The second kappa shape index (κ2) is 7.93. The summed E-state index contributed by atoms with van der Waals surface area (Å²) >= 11 is 0. The molecule has 1 N–H and O–H groups in total. The first kappa shape index (κ1) is 21.5. The van der Waals surface area contributed by atoms with Gasteiger partial charge in [0.1, 0.15) is 5.78 Å². The summed E-state index contributed by atoms with van der Waals surface area (Å²) in [5.41, 5.74) is 0.711. The first-order valence-electron chi connectivity index (χ1n) is 11.0. The Hall–Kier alpha value is -2.16. The van der Waals surface area contributed by atoms with Crippen LogP contribution in [0.15, 0.2) is 48.1 Å². The Morgan fingerprint density at radius 2 is 1.72 bits per heavy atom. The van der Waals surface area contributed by atoms with Crippen molar-refractivity contribution < 1.29 is 14.7 Å². The van der Waals surface area contributed by atoms with Crippen LogP contribution in [0.25, 0.3) is 6.08 Å². The number of benzene rings is 1. The van der Waals surface area contributed by atoms with E-state index in [1.165, 1.54) is 5.57 Å². The summed E-state index contributed by atoms with van der Waals surface area (Å²) in [6, 6.07) is 10.0. The van der Waals surface area contributed by atoms with E-state index in [-0.39, 0.29) is 29.5 Å². The van der Waals surface area contributed by atoms with Crippen molar-refractivity contribution in [1.82, 2.24) is 0 Å². The lowest BCUT2D eigenvalue weighted by molar-refractivity contribution is -0.165. The zero-order chi connectivity index (χ0) is 21.4. The van der Waals surface area contributed by atoms with E-state index in [2.05, 4.69) is 32.1 Å². The quantitative estimate of drug-likeness (QED) is 0.601. The molecule has 0 amide bonds. The van der Waals surface area contributed by atoms with Gasteiger partial charge in [-0.15, -0.1) is 0 Å². The van der Waals surface area contributed by atoms with E-state index in [1.54, 1.807) is 0 Å². The Labute approximate surface area is 174 Å². The van der Waals surface area contributed by atoms with E-state index in [0.29, 0.717) is 12.8 Å². The molecule has 0 saturated heterocycles. The van der Waals surface area contributed by atoms with Gasteiger partial charge >= 0.3 is 5.97 Å². The molecule has 2 aliphatic rings. The van der Waals surface area contributed by atoms with E-state index < -0.39 is 16.8 Å². The normalized spacial score (nSPS) is 36.9. The van der Waals surface area contributed by atoms with Gasteiger partial charge in [0, 0.05) is 17.3 Å². The van der Waals surface area contributed by atoms with Gasteiger partial charge < -0.3 is 5.11 Å². The minimum Gasteiger partial charge on any atom is -0.481 e. The van der Waals surface area contributed by atoms with Crippen LogP contribution < -0.4 is 0 Å². The Balaban J connectivity index is 2.28. The van der Waals surface area contributed by atoms with E-state index >= 15 is 0 Å². The minimum atomic E-state index is -0.990. The van der Waals surface area contributed by atoms with Gasteiger partial charge in [0.25, 0.3) is 0 Å². The maximum Gasteiger partial charge on any atom is 0.311 e. The van der Waals surface area contributed by atoms with Crippen LogP contribution >= 0.6 is 0 Å². The summed E-state index contributed by atoms with van der Waals surface area (Å²) in [6.45, 7) is 10.1. The molecule has 3 nitrogen and oxygen atoms in total. The molecule has 1 aromatic carbocycles. The monoisotopic (exact) mass is 394 g/mol. The van der Waals surface area contributed by atoms with Gasteiger partial charge in [-0.05, 0) is 36.7 Å². The van der Waals surface area contributed by atoms with E-state index in [0.717, 1.165) is 12.0 Å². The van der Waals surface area contributed by atoms with Gasteiger partial charge in [-0.3, -0.25) is 9.59 Å². The van der Waals surface area contributed by atoms with Crippen molar-refractivity contribution in [3.63, 3.8) is 0 Å². The highest BCUT2D eigenvalue weighted by molar-refractivity contribution is 5.89. The molecule has 0 aliphatic heterocycles. The number of hydrogen-bond donors (Lipinski definition) is 1. The topological polar surface area (TPSA) is 54.4 Å². The van der Waals surface area contributed by atoms with Crippen molar-refractivity contribution in [3.05, 3.63) is 53.6 Å². The minimum absolute atomic E-state index is 0.0309. The van der Waals surface area contributed by atoms with Gasteiger partial charge in [0.2, 0.25) is 0 Å². The molecule has 1 saturated carbocycles. The molecule has 0 unspecified atom stereocenters. The van der Waals surface area contributed by atoms with Gasteiger partial charge in [-0.1, -0.05) is 88.8 Å². The van der Waals surface area contributed by atoms with Crippen molar-refractivity contribution in [2.24, 2.45) is 34.5 Å². The Bertz CT molecular complexity index is 837. The Morgan fingerprint density at radius 1 is 1.07 bits per heavy atom. The Morgan fingerprint density at radius 3 is 2.24 bits per heavy atom. The number of carbonyl (C=O) groups excluding carboxylic acids is 1. The number of carboxylic acids is 1. The van der Waals surface area contributed by atoms with Gasteiger partial charge in [-0.2, -0.15) is 0 Å². The average Bonchev–Trinajstić information content (AvgIpc) is 2.96. The molecular formula is C26H34O3. The lowest BCUT2D eigenvalue weighted by atomic mass is 9.47. The number of rotatable bonds is 6. The number of allylic oxidation sites excluding steroid dienone is 3. The lowest BCUT2D eigenvalue weighted by Gasteiger charge is -2.55. The second-order valence-electron chi connectivity index (χ2n) is 8.87. The number of carbonyl (C=O) groups is 2. The van der Waals surface area contributed by atoms with Gasteiger partial charge in [0.15, 0.2) is 0 Å². The van der Waals surface area contributed by atoms with Crippen LogP contribution in [0.2, 0.25) is 0 Å². The SMILES string of the molecule is CCC1=C[C@](/C=C/c2ccccc2)(CC)[C@@](CC)(C(=O)O)[C@H]2[C@H]1[C@@H](C)C(=O)[C@@H]2C. The molecule has 3 rings (SSSR count). The molecular weight excluding hydrogens is 360 g/mol. The highest BCUT2D eigenvalue weighted by atomic mass is 16.4. The van der Waals surface area contributed by atoms with E-state index in [9.17, 15) is 14.7 Å². The zero-order valence-electron chi connectivity index (χ0n) is 18.3. The average molecular weight is 395 g/mol. The summed E-state index contributed by atoms with van der Waals surface area (Å²) in [5.74, 6) is -1.04. The number of ketones is 1. The number of aliphatic carboxylic acids is 1. The summed E-state index contributed by atoms with van der Waals surface area (Å²) in [6.07, 6.45) is 8.46. The van der Waals surface area contributed by atoms with Crippen LogP contribution in [-0.2, 0) is 9.59 Å². The van der Waals surface area contributed by atoms with Crippen molar-refractivity contribution in [3.8, 4) is 0 Å². The standard InChI is InChI=1S/C26H34O3/c1-6-20-16-25(7-2,15-14-19-12-10-9-11-13-19)26(8-3,24(28)29)22-18(5)23(27)17(4)21(20)22/h9-18,21-22H,6-8H2,1-5H3,(H,28,29)/b15-14+/t17-,18-,21+,22-,25-,26-/m1/s1. The number of Topliss-reactive ketones (excluding diaryl/α,β-unsaturated/α-hetero) is 1. The number of fused-ring (bicyclic) bond motifs is 1. The molecule has 0 spiro atoms. The zero-order valence-corrected chi connectivity index (χ0v) is 18.3. The van der Waals surface area contributed by atoms with Crippen LogP contribution in [0.5, 0.6) is 0 Å². The molecule has 0 radical (unpaired) electrons. The van der Waals surface area contributed by atoms with Gasteiger partial charge in [-0.25, -0.2) is 0 Å². The van der Waals surface area contributed by atoms with Crippen LogP contribution in [0, 0.1) is 34.5 Å². The maximum atomic E-state index is 13.0. The van der Waals surface area contributed by atoms with Crippen LogP contribution in [0.3, 0.4) is 0 Å². The molecule has 156 valence electrons. The highest BCUT2D eigenvalue weighted by Gasteiger charge is 2.67. The maximum absolute atomic E-state index is 13.0. The van der Waals surface area contributed by atoms with Crippen molar-refractivity contribution >= 4 is 17.8 Å². The molecule has 0 aromatic heterocycles. The molecule has 29 heavy (non-hydrogen) atoms. The summed E-state index contributed by atoms with van der Waals surface area (Å²) in [5, 5.41) is 10.7. The van der Waals surface area contributed by atoms with Crippen LogP contribution in [0.1, 0.15) is 59.4 Å². The van der Waals surface area contributed by atoms with Gasteiger partial charge in [0.05, 0.1) is 5.41 Å². The number of carboxylic acid groups (broad SMARTS) is 1. The van der Waals surface area contributed by atoms with Crippen molar-refractivity contribution in [1.29, 1.82) is 0 Å². The van der Waals surface area contributed by atoms with Crippen molar-refractivity contribution in [2.75, 3.05) is 0 Å². The first-order valence-corrected chi connectivity index (χ1v) is 11.0. The second-order valence-corrected chi connectivity index (χ2v) is 8.87. The highest BCUT2D eigenvalue weighted by Crippen LogP contribution is 2.65. The third-order valence-electron chi connectivity index (χ3n) is 7.94. The first-order chi connectivity index (χ1) is 13.8. The fourth-order valence-electron chi connectivity index (χ4n) is 6.48. The largest absolute Gasteiger partial charge is 0.481 e. The van der Waals surface area contributed by atoms with Crippen molar-refractivity contribution in [2.45, 2.75) is 53.9 Å². The predicted octanol–water partition coefficient (Wildman–Crippen LogP) is 6.01. The predicted molar refractivity (Wildman–Crippen MR) is 117 cm³/mol. The fourth-order valence-corrected chi connectivity index (χ4v) is 6.48. The fraction of sp³-hybridized carbons (Fsp3) is 0.538. The molecule has 1 aromatic rings. The number of hydrogen-bond acceptors (Lipinski definition) is 2. The smallest absolute Gasteiger partial charge is 0.311 e. The molecule has 1 fully saturated rings. The lowest BCUT2D eigenvalue weighted by Crippen LogP contribution is -2.56. The summed E-state index contributed by atoms with van der Waals surface area (Å²) < 4.78 is 0. The van der Waals surface area contributed by atoms with E-state index in [1.807, 2.05) is 51.1 Å². The summed E-state index contributed by atoms with van der Waals surface area (Å²) in [7, 11) is 0. The molecule has 3 heteroatoms. The third kappa shape index (κ3) is 3.01. The molecule has 6 atom stereocenters. The molecule has 0 heterocycles. The van der Waals surface area contributed by atoms with Crippen LogP contribution in [0.4, 0.5) is 0 Å². The van der Waals surface area contributed by atoms with Crippen LogP contribution in [-0.4, -0.2) is 16.9 Å².